The number of ether oxygens (including phenoxy) is 1. The average Bonchev–Trinajstić information content (AvgIpc) is 3.00. The molecule has 0 aliphatic carbocycles. The lowest BCUT2D eigenvalue weighted by Crippen LogP contribution is -2.19. The van der Waals surface area contributed by atoms with Gasteiger partial charge in [-0.3, -0.25) is 10.1 Å². The number of nitrogens with zero attached hydrogens (tertiary/aromatic N) is 3. The second kappa shape index (κ2) is 7.27. The maximum atomic E-state index is 12.0. The van der Waals surface area contributed by atoms with Gasteiger partial charge < -0.3 is 9.57 Å². The fourth-order valence-electron chi connectivity index (χ4n) is 1.49. The summed E-state index contributed by atoms with van der Waals surface area (Å²) in [5.41, 5.74) is 0.305. The second-order valence-corrected chi connectivity index (χ2v) is 4.61. The molecule has 1 aromatic carbocycles. The smallest absolute Gasteiger partial charge is 0.364 e. The zero-order chi connectivity index (χ0) is 15.9. The summed E-state index contributed by atoms with van der Waals surface area (Å²) < 4.78 is 8.52. The highest BCUT2D eigenvalue weighted by Gasteiger charge is 2.21. The lowest BCUT2D eigenvalue weighted by molar-refractivity contribution is -0.132. The van der Waals surface area contributed by atoms with Crippen molar-refractivity contribution in [1.82, 2.24) is 9.36 Å². The van der Waals surface area contributed by atoms with Crippen molar-refractivity contribution in [3.63, 3.8) is 0 Å². The summed E-state index contributed by atoms with van der Waals surface area (Å²) in [6.45, 7) is 0. The summed E-state index contributed by atoms with van der Waals surface area (Å²) in [5.74, 6) is -1.05. The molecule has 0 radical (unpaired) electrons. The van der Waals surface area contributed by atoms with E-state index in [1.54, 1.807) is 24.3 Å². The molecule has 9 heteroatoms. The first-order valence-electron chi connectivity index (χ1n) is 6.05. The van der Waals surface area contributed by atoms with E-state index in [4.69, 9.17) is 0 Å². The summed E-state index contributed by atoms with van der Waals surface area (Å²) in [4.78, 5) is 32.1. The minimum Gasteiger partial charge on any atom is -0.464 e. The molecule has 1 heterocycles. The Kier molecular flexibility index (Phi) is 5.15. The molecule has 1 N–H and O–H groups in total. The van der Waals surface area contributed by atoms with Gasteiger partial charge in [-0.15, -0.1) is 0 Å². The third-order valence-corrected chi connectivity index (χ3v) is 3.09. The van der Waals surface area contributed by atoms with Gasteiger partial charge in [0.05, 0.1) is 7.11 Å². The molecule has 0 bridgehead atoms. The second-order valence-electron chi connectivity index (χ2n) is 3.86. The van der Waals surface area contributed by atoms with Crippen molar-refractivity contribution in [1.29, 1.82) is 0 Å². The number of nitrogens with one attached hydrogen (secondary N) is 1. The summed E-state index contributed by atoms with van der Waals surface area (Å²) in [6, 6.07) is 8.65. The first-order valence-corrected chi connectivity index (χ1v) is 6.83. The van der Waals surface area contributed by atoms with Gasteiger partial charge >= 0.3 is 5.97 Å². The monoisotopic (exact) mass is 320 g/mol. The number of hydrogen-bond donors (Lipinski definition) is 1. The highest BCUT2D eigenvalue weighted by Crippen LogP contribution is 2.14. The molecule has 22 heavy (non-hydrogen) atoms. The predicted molar refractivity (Wildman–Crippen MR) is 79.9 cm³/mol. The molecule has 0 spiro atoms. The molecule has 0 aliphatic heterocycles. The van der Waals surface area contributed by atoms with Crippen molar-refractivity contribution in [2.75, 3.05) is 19.5 Å². The lowest BCUT2D eigenvalue weighted by Gasteiger charge is -2.00. The van der Waals surface area contributed by atoms with Crippen molar-refractivity contribution >= 4 is 34.3 Å². The third-order valence-electron chi connectivity index (χ3n) is 2.46. The number of carbonyl (C=O) groups is 2. The van der Waals surface area contributed by atoms with Crippen molar-refractivity contribution in [2.24, 2.45) is 5.16 Å². The number of rotatable bonds is 5. The molecule has 1 amide bonds. The molecule has 0 unspecified atom stereocenters. The lowest BCUT2D eigenvalue weighted by atomic mass is 10.2. The summed E-state index contributed by atoms with van der Waals surface area (Å²) in [6.07, 6.45) is 0. The molecule has 0 saturated carbocycles. The number of esters is 1. The Morgan fingerprint density at radius 2 is 1.95 bits per heavy atom. The van der Waals surface area contributed by atoms with Crippen molar-refractivity contribution in [3.05, 3.63) is 41.7 Å². The van der Waals surface area contributed by atoms with Crippen LogP contribution in [0.25, 0.3) is 0 Å². The van der Waals surface area contributed by atoms with Crippen LogP contribution in [0.15, 0.2) is 35.5 Å². The molecular weight excluding hydrogens is 308 g/mol. The van der Waals surface area contributed by atoms with Crippen molar-refractivity contribution < 1.29 is 19.2 Å². The van der Waals surface area contributed by atoms with Crippen molar-refractivity contribution in [2.45, 2.75) is 0 Å². The Bertz CT molecular complexity index is 699. The minimum absolute atomic E-state index is 0.0158. The van der Waals surface area contributed by atoms with E-state index in [9.17, 15) is 9.59 Å². The van der Waals surface area contributed by atoms with Crippen LogP contribution in [0.1, 0.15) is 16.2 Å². The standard InChI is InChI=1S/C13H12N4O4S/c1-20-12(19)9(16-21-2)10-14-13(22-17-10)15-11(18)8-6-4-3-5-7-8/h3-7H,1-2H3,(H,14,15,17,18)/b16-9-. The van der Waals surface area contributed by atoms with Crippen molar-refractivity contribution in [3.8, 4) is 0 Å². The Hall–Kier alpha value is -2.81. The quantitative estimate of drug-likeness (QED) is 0.506. The molecule has 2 aromatic rings. The number of carbonyl (C=O) groups excluding carboxylic acids is 2. The average molecular weight is 320 g/mol. The van der Waals surface area contributed by atoms with E-state index in [0.717, 1.165) is 11.5 Å². The zero-order valence-corrected chi connectivity index (χ0v) is 12.6. The number of hydrogen-bond acceptors (Lipinski definition) is 8. The van der Waals surface area contributed by atoms with Gasteiger partial charge in [0.1, 0.15) is 7.11 Å². The molecule has 114 valence electrons. The van der Waals surface area contributed by atoms with Gasteiger partial charge in [0.25, 0.3) is 5.91 Å². The van der Waals surface area contributed by atoms with E-state index in [1.807, 2.05) is 6.07 Å². The van der Waals surface area contributed by atoms with Crippen LogP contribution in [-0.2, 0) is 14.4 Å². The third kappa shape index (κ3) is 3.64. The van der Waals surface area contributed by atoms with E-state index in [1.165, 1.54) is 14.2 Å². The van der Waals surface area contributed by atoms with Gasteiger partial charge in [-0.1, -0.05) is 23.4 Å². The topological polar surface area (TPSA) is 103 Å². The van der Waals surface area contributed by atoms with E-state index >= 15 is 0 Å². The fourth-order valence-corrected chi connectivity index (χ4v) is 2.05. The number of oxime groups is 1. The fraction of sp³-hybridized carbons (Fsp3) is 0.154. The Morgan fingerprint density at radius 1 is 1.23 bits per heavy atom. The van der Waals surface area contributed by atoms with Crippen LogP contribution in [-0.4, -0.2) is 41.2 Å². The molecule has 0 saturated heterocycles. The predicted octanol–water partition coefficient (Wildman–Crippen LogP) is 1.31. The Morgan fingerprint density at radius 3 is 2.59 bits per heavy atom. The molecule has 0 aliphatic rings. The molecular formula is C13H12N4O4S. The maximum absolute atomic E-state index is 12.0. The number of anilines is 1. The maximum Gasteiger partial charge on any atom is 0.364 e. The highest BCUT2D eigenvalue weighted by atomic mass is 32.1. The summed E-state index contributed by atoms with van der Waals surface area (Å²) in [5, 5.41) is 6.35. The normalized spacial score (nSPS) is 10.9. The van der Waals surface area contributed by atoms with E-state index in [-0.39, 0.29) is 22.6 Å². The first kappa shape index (κ1) is 15.6. The highest BCUT2D eigenvalue weighted by molar-refractivity contribution is 7.10. The molecule has 2 rings (SSSR count). The van der Waals surface area contributed by atoms with Gasteiger partial charge in [-0.2, -0.15) is 9.36 Å². The van der Waals surface area contributed by atoms with Gasteiger partial charge in [-0.25, -0.2) is 4.79 Å². The van der Waals surface area contributed by atoms with Crippen LogP contribution < -0.4 is 5.32 Å². The van der Waals surface area contributed by atoms with Gasteiger partial charge in [0.2, 0.25) is 16.7 Å². The van der Waals surface area contributed by atoms with Crippen LogP contribution in [0.3, 0.4) is 0 Å². The number of aromatic nitrogens is 2. The molecule has 8 nitrogen and oxygen atoms in total. The van der Waals surface area contributed by atoms with Crippen LogP contribution in [0.4, 0.5) is 5.13 Å². The zero-order valence-electron chi connectivity index (χ0n) is 11.8. The van der Waals surface area contributed by atoms with Gasteiger partial charge in [-0.05, 0) is 12.1 Å². The van der Waals surface area contributed by atoms with Crippen LogP contribution in [0.2, 0.25) is 0 Å². The van der Waals surface area contributed by atoms with E-state index < -0.39 is 5.97 Å². The van der Waals surface area contributed by atoms with Crippen LogP contribution in [0, 0.1) is 0 Å². The molecule has 0 atom stereocenters. The number of methoxy groups -OCH3 is 1. The van der Waals surface area contributed by atoms with E-state index in [2.05, 4.69) is 29.4 Å². The number of benzene rings is 1. The largest absolute Gasteiger partial charge is 0.464 e. The van der Waals surface area contributed by atoms with Gasteiger partial charge in [0.15, 0.2) is 0 Å². The van der Waals surface area contributed by atoms with Crippen LogP contribution >= 0.6 is 11.5 Å². The number of amides is 1. The summed E-state index contributed by atoms with van der Waals surface area (Å²) in [7, 11) is 2.49. The van der Waals surface area contributed by atoms with Crippen LogP contribution in [0.5, 0.6) is 0 Å². The molecule has 1 aromatic heterocycles. The minimum atomic E-state index is -0.736. The van der Waals surface area contributed by atoms with Gasteiger partial charge in [0, 0.05) is 17.1 Å². The SMILES string of the molecule is CO/N=C(\C(=O)OC)c1nsc(NC(=O)c2ccccc2)n1. The Balaban J connectivity index is 2.16. The first-order chi connectivity index (χ1) is 10.7. The van der Waals surface area contributed by atoms with E-state index in [0.29, 0.717) is 5.56 Å². The summed E-state index contributed by atoms with van der Waals surface area (Å²) >= 11 is 0.917. The Labute approximate surface area is 129 Å². The molecule has 0 fully saturated rings.